The molecule has 0 atom stereocenters. The molecule has 0 radical (unpaired) electrons. The third-order valence-electron chi connectivity index (χ3n) is 2.79. The molecule has 0 aliphatic carbocycles. The second-order valence-corrected chi connectivity index (χ2v) is 4.30. The summed E-state index contributed by atoms with van der Waals surface area (Å²) < 4.78 is 0. The number of carbonyl (C=O) groups is 1. The number of aromatic nitrogens is 1. The van der Waals surface area contributed by atoms with Crippen LogP contribution >= 0.6 is 0 Å². The smallest absolute Gasteiger partial charge is 0.187 e. The Kier molecular flexibility index (Phi) is 3.68. The molecule has 0 spiro atoms. The van der Waals surface area contributed by atoms with Gasteiger partial charge in [-0.1, -0.05) is 29.8 Å². The van der Waals surface area contributed by atoms with Gasteiger partial charge in [0.25, 0.3) is 0 Å². The lowest BCUT2D eigenvalue weighted by atomic mass is 10.0. The molecule has 2 nitrogen and oxygen atoms in total. The maximum atomic E-state index is 11.9. The fraction of sp³-hybridized carbons (Fsp3) is 0.125. The van der Waals surface area contributed by atoms with Gasteiger partial charge in [-0.05, 0) is 43.2 Å². The first-order valence-electron chi connectivity index (χ1n) is 5.86. The molecule has 90 valence electrons. The highest BCUT2D eigenvalue weighted by molar-refractivity contribution is 6.06. The van der Waals surface area contributed by atoms with Crippen molar-refractivity contribution in [3.8, 4) is 0 Å². The molecule has 2 aromatic rings. The standard InChI is InChI=1S/C16H15NO/c1-12-5-6-14(13(2)10-12)7-8-16(18)15-4-3-9-17-11-15/h3-11H,1-2H3/b8-7+. The summed E-state index contributed by atoms with van der Waals surface area (Å²) >= 11 is 0. The molecule has 0 bridgehead atoms. The van der Waals surface area contributed by atoms with Crippen LogP contribution in [0.5, 0.6) is 0 Å². The van der Waals surface area contributed by atoms with Gasteiger partial charge in [0, 0.05) is 18.0 Å². The number of benzene rings is 1. The predicted molar refractivity (Wildman–Crippen MR) is 73.5 cm³/mol. The van der Waals surface area contributed by atoms with E-state index in [0.29, 0.717) is 5.56 Å². The van der Waals surface area contributed by atoms with Gasteiger partial charge in [-0.3, -0.25) is 9.78 Å². The van der Waals surface area contributed by atoms with Crippen LogP contribution in [0.15, 0.2) is 48.8 Å². The number of hydrogen-bond donors (Lipinski definition) is 0. The number of carbonyl (C=O) groups excluding carboxylic acids is 1. The lowest BCUT2D eigenvalue weighted by Crippen LogP contribution is -1.94. The van der Waals surface area contributed by atoms with Gasteiger partial charge in [0.05, 0.1) is 0 Å². The molecule has 1 heterocycles. The van der Waals surface area contributed by atoms with Crippen molar-refractivity contribution < 1.29 is 4.79 Å². The monoisotopic (exact) mass is 237 g/mol. The van der Waals surface area contributed by atoms with Gasteiger partial charge in [-0.25, -0.2) is 0 Å². The van der Waals surface area contributed by atoms with Crippen LogP contribution in [0.1, 0.15) is 27.0 Å². The number of pyridine rings is 1. The Balaban J connectivity index is 2.19. The summed E-state index contributed by atoms with van der Waals surface area (Å²) in [5.74, 6) is -0.0249. The van der Waals surface area contributed by atoms with Crippen molar-refractivity contribution in [2.75, 3.05) is 0 Å². The minimum atomic E-state index is -0.0249. The number of rotatable bonds is 3. The van der Waals surface area contributed by atoms with Crippen LogP contribution < -0.4 is 0 Å². The van der Waals surface area contributed by atoms with E-state index in [0.717, 1.165) is 5.56 Å². The maximum Gasteiger partial charge on any atom is 0.187 e. The molecule has 0 unspecified atom stereocenters. The highest BCUT2D eigenvalue weighted by Crippen LogP contribution is 2.12. The van der Waals surface area contributed by atoms with E-state index in [1.54, 1.807) is 30.6 Å². The van der Waals surface area contributed by atoms with Gasteiger partial charge in [0.2, 0.25) is 0 Å². The Morgan fingerprint density at radius 3 is 2.72 bits per heavy atom. The Labute approximate surface area is 107 Å². The van der Waals surface area contributed by atoms with Crippen molar-refractivity contribution in [1.29, 1.82) is 0 Å². The fourth-order valence-corrected chi connectivity index (χ4v) is 1.78. The number of hydrogen-bond acceptors (Lipinski definition) is 2. The highest BCUT2D eigenvalue weighted by atomic mass is 16.1. The molecule has 0 fully saturated rings. The maximum absolute atomic E-state index is 11.9. The highest BCUT2D eigenvalue weighted by Gasteiger charge is 2.01. The quantitative estimate of drug-likeness (QED) is 0.603. The van der Waals surface area contributed by atoms with Gasteiger partial charge in [0.1, 0.15) is 0 Å². The summed E-state index contributed by atoms with van der Waals surface area (Å²) in [5.41, 5.74) is 4.07. The SMILES string of the molecule is Cc1ccc(/C=C/C(=O)c2cccnc2)c(C)c1. The zero-order chi connectivity index (χ0) is 13.0. The molecule has 1 aromatic heterocycles. The Hall–Kier alpha value is -2.22. The first-order chi connectivity index (χ1) is 8.66. The van der Waals surface area contributed by atoms with Crippen LogP contribution in [0.4, 0.5) is 0 Å². The summed E-state index contributed by atoms with van der Waals surface area (Å²) in [6.07, 6.45) is 6.68. The van der Waals surface area contributed by atoms with E-state index in [9.17, 15) is 4.79 Å². The first kappa shape index (κ1) is 12.2. The summed E-state index contributed by atoms with van der Waals surface area (Å²) in [6.45, 7) is 4.10. The minimum absolute atomic E-state index is 0.0249. The van der Waals surface area contributed by atoms with E-state index in [1.807, 2.05) is 25.1 Å². The lowest BCUT2D eigenvalue weighted by molar-refractivity contribution is 0.104. The first-order valence-corrected chi connectivity index (χ1v) is 5.86. The molecular formula is C16H15NO. The molecule has 0 amide bonds. The van der Waals surface area contributed by atoms with E-state index in [-0.39, 0.29) is 5.78 Å². The van der Waals surface area contributed by atoms with Gasteiger partial charge in [-0.15, -0.1) is 0 Å². The molecule has 0 aliphatic heterocycles. The van der Waals surface area contributed by atoms with Crippen LogP contribution in [0.2, 0.25) is 0 Å². The molecule has 2 heteroatoms. The minimum Gasteiger partial charge on any atom is -0.289 e. The van der Waals surface area contributed by atoms with Crippen LogP contribution in [0, 0.1) is 13.8 Å². The lowest BCUT2D eigenvalue weighted by Gasteiger charge is -2.01. The summed E-state index contributed by atoms with van der Waals surface area (Å²) in [7, 11) is 0. The number of nitrogens with zero attached hydrogens (tertiary/aromatic N) is 1. The van der Waals surface area contributed by atoms with Gasteiger partial charge in [-0.2, -0.15) is 0 Å². The van der Waals surface area contributed by atoms with Crippen LogP contribution in [0.3, 0.4) is 0 Å². The molecule has 0 N–H and O–H groups in total. The number of aryl methyl sites for hydroxylation is 2. The Morgan fingerprint density at radius 1 is 1.22 bits per heavy atom. The zero-order valence-corrected chi connectivity index (χ0v) is 10.6. The van der Waals surface area contributed by atoms with Crippen molar-refractivity contribution in [2.24, 2.45) is 0 Å². The molecule has 2 rings (SSSR count). The average molecular weight is 237 g/mol. The molecule has 0 saturated heterocycles. The fourth-order valence-electron chi connectivity index (χ4n) is 1.78. The van der Waals surface area contributed by atoms with Crippen molar-refractivity contribution in [2.45, 2.75) is 13.8 Å². The number of ketones is 1. The van der Waals surface area contributed by atoms with Crippen LogP contribution in [-0.2, 0) is 0 Å². The average Bonchev–Trinajstić information content (AvgIpc) is 2.38. The van der Waals surface area contributed by atoms with Crippen LogP contribution in [0.25, 0.3) is 6.08 Å². The van der Waals surface area contributed by atoms with Gasteiger partial charge >= 0.3 is 0 Å². The van der Waals surface area contributed by atoms with E-state index in [2.05, 4.69) is 18.0 Å². The van der Waals surface area contributed by atoms with E-state index < -0.39 is 0 Å². The molecular weight excluding hydrogens is 222 g/mol. The van der Waals surface area contributed by atoms with E-state index >= 15 is 0 Å². The van der Waals surface area contributed by atoms with Crippen molar-refractivity contribution in [3.63, 3.8) is 0 Å². The van der Waals surface area contributed by atoms with E-state index in [1.165, 1.54) is 11.1 Å². The molecule has 0 aliphatic rings. The van der Waals surface area contributed by atoms with Crippen LogP contribution in [-0.4, -0.2) is 10.8 Å². The summed E-state index contributed by atoms with van der Waals surface area (Å²) in [5, 5.41) is 0. The summed E-state index contributed by atoms with van der Waals surface area (Å²) in [4.78, 5) is 15.8. The molecule has 0 saturated carbocycles. The Morgan fingerprint density at radius 2 is 2.06 bits per heavy atom. The molecule has 18 heavy (non-hydrogen) atoms. The third-order valence-corrected chi connectivity index (χ3v) is 2.79. The second-order valence-electron chi connectivity index (χ2n) is 4.30. The second kappa shape index (κ2) is 5.41. The topological polar surface area (TPSA) is 30.0 Å². The van der Waals surface area contributed by atoms with Crippen molar-refractivity contribution in [1.82, 2.24) is 4.98 Å². The van der Waals surface area contributed by atoms with Crippen molar-refractivity contribution >= 4 is 11.9 Å². The normalized spacial score (nSPS) is 10.8. The largest absolute Gasteiger partial charge is 0.289 e. The van der Waals surface area contributed by atoms with Crippen molar-refractivity contribution in [3.05, 3.63) is 71.1 Å². The summed E-state index contributed by atoms with van der Waals surface area (Å²) in [6, 6.07) is 9.70. The third kappa shape index (κ3) is 2.92. The molecule has 1 aromatic carbocycles. The van der Waals surface area contributed by atoms with Gasteiger partial charge in [0.15, 0.2) is 5.78 Å². The van der Waals surface area contributed by atoms with E-state index in [4.69, 9.17) is 0 Å². The van der Waals surface area contributed by atoms with Gasteiger partial charge < -0.3 is 0 Å². The Bertz CT molecular complexity index is 585. The predicted octanol–water partition coefficient (Wildman–Crippen LogP) is 3.59. The number of allylic oxidation sites excluding steroid dienone is 1. The zero-order valence-electron chi connectivity index (χ0n) is 10.6.